The van der Waals surface area contributed by atoms with E-state index >= 15 is 0 Å². The first-order valence-electron chi connectivity index (χ1n) is 5.63. The highest BCUT2D eigenvalue weighted by Crippen LogP contribution is 2.45. The third-order valence-corrected chi connectivity index (χ3v) is 4.22. The molecule has 3 aromatic rings. The van der Waals surface area contributed by atoms with Crippen molar-refractivity contribution in [1.29, 1.82) is 0 Å². The van der Waals surface area contributed by atoms with Crippen LogP contribution in [-0.2, 0) is 0 Å². The number of fused-ring (bicyclic) bond motifs is 2. The summed E-state index contributed by atoms with van der Waals surface area (Å²) in [5.74, 6) is 0. The third kappa shape index (κ3) is 1.26. The number of benzene rings is 2. The fourth-order valence-corrected chi connectivity index (χ4v) is 3.44. The molecule has 2 aromatic carbocycles. The molecule has 0 saturated carbocycles. The minimum Gasteiger partial charge on any atom is -0.305 e. The highest BCUT2D eigenvalue weighted by molar-refractivity contribution is 7.99. The Labute approximate surface area is 107 Å². The zero-order valence-electron chi connectivity index (χ0n) is 9.31. The molecule has 0 amide bonds. The van der Waals surface area contributed by atoms with E-state index in [4.69, 9.17) is 0 Å². The van der Waals surface area contributed by atoms with Gasteiger partial charge in [0, 0.05) is 20.7 Å². The maximum atomic E-state index is 11.6. The molecule has 0 fully saturated rings. The SMILES string of the molecule is O=c1nc2c3c(cccc3[nH]1)Sc1ccccc1-2. The van der Waals surface area contributed by atoms with Crippen LogP contribution in [0.15, 0.2) is 57.1 Å². The average Bonchev–Trinajstić information content (AvgIpc) is 2.38. The molecule has 2 heterocycles. The zero-order valence-corrected chi connectivity index (χ0v) is 10.1. The van der Waals surface area contributed by atoms with Crippen molar-refractivity contribution < 1.29 is 0 Å². The summed E-state index contributed by atoms with van der Waals surface area (Å²) in [4.78, 5) is 20.9. The minimum atomic E-state index is -0.295. The number of nitrogens with one attached hydrogen (secondary N) is 1. The van der Waals surface area contributed by atoms with E-state index in [2.05, 4.69) is 22.1 Å². The van der Waals surface area contributed by atoms with Crippen molar-refractivity contribution >= 4 is 22.7 Å². The molecule has 0 bridgehead atoms. The first kappa shape index (κ1) is 9.91. The second kappa shape index (κ2) is 3.46. The Hall–Kier alpha value is -2.07. The number of aromatic nitrogens is 2. The van der Waals surface area contributed by atoms with E-state index in [9.17, 15) is 4.79 Å². The van der Waals surface area contributed by atoms with E-state index in [1.165, 1.54) is 0 Å². The Morgan fingerprint density at radius 2 is 1.83 bits per heavy atom. The lowest BCUT2D eigenvalue weighted by Gasteiger charge is -2.18. The maximum absolute atomic E-state index is 11.6. The van der Waals surface area contributed by atoms with Gasteiger partial charge in [-0.05, 0) is 18.2 Å². The predicted molar refractivity (Wildman–Crippen MR) is 71.9 cm³/mol. The van der Waals surface area contributed by atoms with E-state index in [-0.39, 0.29) is 5.69 Å². The van der Waals surface area contributed by atoms with E-state index in [1.807, 2.05) is 30.3 Å². The summed E-state index contributed by atoms with van der Waals surface area (Å²) in [6, 6.07) is 14.0. The lowest BCUT2D eigenvalue weighted by molar-refractivity contribution is 1.11. The van der Waals surface area contributed by atoms with Crippen LogP contribution < -0.4 is 5.69 Å². The van der Waals surface area contributed by atoms with Gasteiger partial charge in [-0.1, -0.05) is 36.0 Å². The van der Waals surface area contributed by atoms with Gasteiger partial charge in [0.25, 0.3) is 0 Å². The molecule has 1 aliphatic heterocycles. The van der Waals surface area contributed by atoms with Crippen LogP contribution in [0.5, 0.6) is 0 Å². The molecule has 4 heteroatoms. The van der Waals surface area contributed by atoms with Gasteiger partial charge in [0.15, 0.2) is 0 Å². The minimum absolute atomic E-state index is 0.295. The fraction of sp³-hybridized carbons (Fsp3) is 0. The molecule has 0 unspecified atom stereocenters. The molecule has 86 valence electrons. The first-order valence-corrected chi connectivity index (χ1v) is 6.45. The van der Waals surface area contributed by atoms with E-state index < -0.39 is 0 Å². The molecule has 0 radical (unpaired) electrons. The molecule has 1 aliphatic rings. The van der Waals surface area contributed by atoms with Crippen LogP contribution in [0.3, 0.4) is 0 Å². The highest BCUT2D eigenvalue weighted by Gasteiger charge is 2.20. The van der Waals surface area contributed by atoms with Gasteiger partial charge in [0.1, 0.15) is 0 Å². The van der Waals surface area contributed by atoms with Crippen molar-refractivity contribution in [2.45, 2.75) is 9.79 Å². The number of hydrogen-bond acceptors (Lipinski definition) is 3. The van der Waals surface area contributed by atoms with E-state index in [0.717, 1.165) is 32.0 Å². The predicted octanol–water partition coefficient (Wildman–Crippen LogP) is 3.05. The van der Waals surface area contributed by atoms with Gasteiger partial charge in [-0.15, -0.1) is 0 Å². The summed E-state index contributed by atoms with van der Waals surface area (Å²) in [5, 5.41) is 1.04. The zero-order chi connectivity index (χ0) is 12.1. The Balaban J connectivity index is 2.26. The Morgan fingerprint density at radius 3 is 2.78 bits per heavy atom. The molecule has 3 nitrogen and oxygen atoms in total. The van der Waals surface area contributed by atoms with Crippen LogP contribution in [0, 0.1) is 0 Å². The number of rotatable bonds is 0. The van der Waals surface area contributed by atoms with Gasteiger partial charge < -0.3 is 4.98 Å². The normalized spacial score (nSPS) is 12.4. The summed E-state index contributed by atoms with van der Waals surface area (Å²) in [5.41, 5.74) is 2.39. The molecule has 0 saturated heterocycles. The van der Waals surface area contributed by atoms with Crippen LogP contribution in [0.4, 0.5) is 0 Å². The lowest BCUT2D eigenvalue weighted by Crippen LogP contribution is -2.12. The van der Waals surface area contributed by atoms with E-state index in [0.29, 0.717) is 0 Å². The van der Waals surface area contributed by atoms with E-state index in [1.54, 1.807) is 11.8 Å². The molecule has 18 heavy (non-hydrogen) atoms. The van der Waals surface area contributed by atoms with Crippen molar-refractivity contribution in [1.82, 2.24) is 9.97 Å². The monoisotopic (exact) mass is 252 g/mol. The van der Waals surface area contributed by atoms with Crippen LogP contribution in [0.2, 0.25) is 0 Å². The highest BCUT2D eigenvalue weighted by atomic mass is 32.2. The van der Waals surface area contributed by atoms with Crippen LogP contribution in [-0.4, -0.2) is 9.97 Å². The van der Waals surface area contributed by atoms with Gasteiger partial charge in [0.05, 0.1) is 11.2 Å². The number of hydrogen-bond donors (Lipinski definition) is 1. The molecule has 0 aliphatic carbocycles. The van der Waals surface area contributed by atoms with Crippen molar-refractivity contribution in [3.8, 4) is 11.3 Å². The molecular weight excluding hydrogens is 244 g/mol. The molecule has 0 atom stereocenters. The first-order chi connectivity index (χ1) is 8.83. The number of H-pyrrole nitrogens is 1. The molecule has 0 spiro atoms. The van der Waals surface area contributed by atoms with Crippen LogP contribution >= 0.6 is 11.8 Å². The molecular formula is C14H8N2OS. The quantitative estimate of drug-likeness (QED) is 0.523. The van der Waals surface area contributed by atoms with Crippen LogP contribution in [0.1, 0.15) is 0 Å². The molecule has 1 N–H and O–H groups in total. The van der Waals surface area contributed by atoms with Gasteiger partial charge in [-0.2, -0.15) is 4.98 Å². The standard InChI is InChI=1S/C14H8N2OS/c17-14-15-9-5-3-7-11-12(9)13(16-14)8-4-1-2-6-10(8)18-11/h1-7H,(H,15,16,17). The summed E-state index contributed by atoms with van der Waals surface area (Å²) in [6.07, 6.45) is 0. The second-order valence-electron chi connectivity index (χ2n) is 4.17. The topological polar surface area (TPSA) is 45.8 Å². The number of aromatic amines is 1. The van der Waals surface area contributed by atoms with Gasteiger partial charge in [-0.25, -0.2) is 4.79 Å². The Morgan fingerprint density at radius 1 is 1.00 bits per heavy atom. The largest absolute Gasteiger partial charge is 0.345 e. The Bertz CT molecular complexity index is 839. The second-order valence-corrected chi connectivity index (χ2v) is 5.25. The third-order valence-electron chi connectivity index (χ3n) is 3.08. The van der Waals surface area contributed by atoms with Gasteiger partial charge in [0.2, 0.25) is 0 Å². The molecule has 1 aromatic heterocycles. The van der Waals surface area contributed by atoms with Gasteiger partial charge >= 0.3 is 5.69 Å². The van der Waals surface area contributed by atoms with Crippen molar-refractivity contribution in [2.75, 3.05) is 0 Å². The van der Waals surface area contributed by atoms with Gasteiger partial charge in [-0.3, -0.25) is 0 Å². The Kier molecular flexibility index (Phi) is 1.91. The maximum Gasteiger partial charge on any atom is 0.345 e. The van der Waals surface area contributed by atoms with Crippen LogP contribution in [0.25, 0.3) is 22.2 Å². The lowest BCUT2D eigenvalue weighted by atomic mass is 10.1. The van der Waals surface area contributed by atoms with Crippen molar-refractivity contribution in [3.63, 3.8) is 0 Å². The number of nitrogens with zero attached hydrogens (tertiary/aromatic N) is 1. The fourth-order valence-electron chi connectivity index (χ4n) is 2.33. The molecule has 4 rings (SSSR count). The summed E-state index contributed by atoms with van der Waals surface area (Å²) in [7, 11) is 0. The van der Waals surface area contributed by atoms with Crippen molar-refractivity contribution in [2.24, 2.45) is 0 Å². The smallest absolute Gasteiger partial charge is 0.305 e. The summed E-state index contributed by atoms with van der Waals surface area (Å²) < 4.78 is 0. The summed E-state index contributed by atoms with van der Waals surface area (Å²) in [6.45, 7) is 0. The van der Waals surface area contributed by atoms with Crippen molar-refractivity contribution in [3.05, 3.63) is 52.9 Å². The average molecular weight is 252 g/mol. The summed E-state index contributed by atoms with van der Waals surface area (Å²) >= 11 is 1.72.